The fraction of sp³-hybridized carbons (Fsp3) is 0.500. The summed E-state index contributed by atoms with van der Waals surface area (Å²) in [7, 11) is 0. The molecule has 0 aromatic rings. The summed E-state index contributed by atoms with van der Waals surface area (Å²) < 4.78 is 32.2. The smallest absolute Gasteiger partial charge is 0.407 e. The van der Waals surface area contributed by atoms with E-state index in [0.29, 0.717) is 0 Å². The summed E-state index contributed by atoms with van der Waals surface area (Å²) in [5, 5.41) is -0.681. The SMILES string of the molecule is CC1(F)OC(F)=C(Cl)O1. The van der Waals surface area contributed by atoms with Gasteiger partial charge in [0.2, 0.25) is 0 Å². The second kappa shape index (κ2) is 1.73. The first-order valence-corrected chi connectivity index (χ1v) is 2.51. The molecule has 0 saturated heterocycles. The van der Waals surface area contributed by atoms with E-state index in [9.17, 15) is 8.78 Å². The molecule has 0 aliphatic carbocycles. The highest BCUT2D eigenvalue weighted by Gasteiger charge is 2.38. The highest BCUT2D eigenvalue weighted by atomic mass is 35.5. The Hall–Kier alpha value is -0.510. The van der Waals surface area contributed by atoms with E-state index in [2.05, 4.69) is 9.47 Å². The Kier molecular flexibility index (Phi) is 1.27. The van der Waals surface area contributed by atoms with E-state index < -0.39 is 17.3 Å². The fourth-order valence-electron chi connectivity index (χ4n) is 0.421. The lowest BCUT2D eigenvalue weighted by molar-refractivity contribution is -0.238. The number of ether oxygens (including phenoxy) is 2. The molecule has 1 unspecified atom stereocenters. The molecule has 0 radical (unpaired) electrons. The molecule has 1 atom stereocenters. The monoisotopic (exact) mass is 156 g/mol. The molecule has 0 N–H and O–H groups in total. The van der Waals surface area contributed by atoms with Crippen LogP contribution in [0.25, 0.3) is 0 Å². The largest absolute Gasteiger partial charge is 0.409 e. The van der Waals surface area contributed by atoms with Gasteiger partial charge in [0.1, 0.15) is 0 Å². The molecule has 0 aromatic carbocycles. The summed E-state index contributed by atoms with van der Waals surface area (Å²) >= 11 is 4.96. The van der Waals surface area contributed by atoms with Gasteiger partial charge in [-0.25, -0.2) is 0 Å². The molecule has 1 heterocycles. The quantitative estimate of drug-likeness (QED) is 0.534. The van der Waals surface area contributed by atoms with Crippen LogP contribution in [-0.4, -0.2) is 6.04 Å². The van der Waals surface area contributed by atoms with E-state index in [0.717, 1.165) is 6.92 Å². The lowest BCUT2D eigenvalue weighted by atomic mass is 10.7. The van der Waals surface area contributed by atoms with Crippen LogP contribution in [0, 0.1) is 0 Å². The van der Waals surface area contributed by atoms with Crippen molar-refractivity contribution in [3.05, 3.63) is 11.2 Å². The van der Waals surface area contributed by atoms with Gasteiger partial charge in [-0.05, 0) is 11.6 Å². The summed E-state index contributed by atoms with van der Waals surface area (Å²) in [6, 6.07) is -3.66. The summed E-state index contributed by atoms with van der Waals surface area (Å²) in [6.07, 6.45) is 0. The molecular weight excluding hydrogens is 153 g/mol. The molecule has 0 saturated carbocycles. The predicted octanol–water partition coefficient (Wildman–Crippen LogP) is 2.01. The Labute approximate surface area is 55.0 Å². The second-order valence-electron chi connectivity index (χ2n) is 1.59. The van der Waals surface area contributed by atoms with Gasteiger partial charge in [-0.15, -0.1) is 0 Å². The maximum Gasteiger partial charge on any atom is 0.407 e. The number of hydrogen-bond acceptors (Lipinski definition) is 2. The zero-order valence-electron chi connectivity index (χ0n) is 4.45. The van der Waals surface area contributed by atoms with Gasteiger partial charge in [-0.2, -0.15) is 8.78 Å². The molecule has 1 aliphatic rings. The molecule has 5 heteroatoms. The van der Waals surface area contributed by atoms with Crippen LogP contribution in [0.5, 0.6) is 0 Å². The first-order valence-electron chi connectivity index (χ1n) is 2.13. The molecule has 1 rings (SSSR count). The van der Waals surface area contributed by atoms with E-state index >= 15 is 0 Å². The van der Waals surface area contributed by atoms with Crippen LogP contribution < -0.4 is 0 Å². The molecule has 1 aliphatic heterocycles. The Balaban J connectivity index is 2.70. The van der Waals surface area contributed by atoms with E-state index in [1.807, 2.05) is 0 Å². The van der Waals surface area contributed by atoms with Crippen LogP contribution in [0.1, 0.15) is 6.92 Å². The molecule has 2 nitrogen and oxygen atoms in total. The Bertz CT molecular complexity index is 150. The molecule has 0 amide bonds. The lowest BCUT2D eigenvalue weighted by Crippen LogP contribution is -2.17. The van der Waals surface area contributed by atoms with Crippen LogP contribution in [0.15, 0.2) is 11.2 Å². The Morgan fingerprint density at radius 1 is 1.56 bits per heavy atom. The third-order valence-corrected chi connectivity index (χ3v) is 0.924. The summed E-state index contributed by atoms with van der Waals surface area (Å²) in [5.41, 5.74) is 0. The van der Waals surface area contributed by atoms with Crippen molar-refractivity contribution in [2.45, 2.75) is 13.0 Å². The average Bonchev–Trinajstić information content (AvgIpc) is 1.79. The van der Waals surface area contributed by atoms with Gasteiger partial charge in [-0.3, -0.25) is 0 Å². The first kappa shape index (κ1) is 6.61. The number of alkyl halides is 1. The first-order chi connectivity index (χ1) is 4.01. The Morgan fingerprint density at radius 2 is 2.11 bits per heavy atom. The van der Waals surface area contributed by atoms with Gasteiger partial charge < -0.3 is 9.47 Å². The van der Waals surface area contributed by atoms with Gasteiger partial charge in [0.05, 0.1) is 0 Å². The highest BCUT2D eigenvalue weighted by molar-refractivity contribution is 6.28. The molecule has 52 valence electrons. The fourth-order valence-corrected chi connectivity index (χ4v) is 0.598. The normalized spacial score (nSPS) is 34.2. The van der Waals surface area contributed by atoms with Gasteiger partial charge >= 0.3 is 12.1 Å². The van der Waals surface area contributed by atoms with Crippen LogP contribution in [0.3, 0.4) is 0 Å². The number of hydrogen-bond donors (Lipinski definition) is 0. The summed E-state index contributed by atoms with van der Waals surface area (Å²) in [5.74, 6) is 0. The molecular formula is C4H3ClF2O2. The number of halogens is 3. The van der Waals surface area contributed by atoms with Crippen molar-refractivity contribution in [2.24, 2.45) is 0 Å². The minimum Gasteiger partial charge on any atom is -0.409 e. The maximum absolute atomic E-state index is 12.3. The van der Waals surface area contributed by atoms with Crippen molar-refractivity contribution in [1.29, 1.82) is 0 Å². The van der Waals surface area contributed by atoms with Crippen molar-refractivity contribution < 1.29 is 18.3 Å². The van der Waals surface area contributed by atoms with Crippen molar-refractivity contribution in [2.75, 3.05) is 0 Å². The second-order valence-corrected chi connectivity index (χ2v) is 1.93. The third kappa shape index (κ3) is 1.24. The minimum absolute atomic E-state index is 0.681. The molecule has 0 bridgehead atoms. The maximum atomic E-state index is 12.3. The van der Waals surface area contributed by atoms with Crippen LogP contribution >= 0.6 is 11.6 Å². The van der Waals surface area contributed by atoms with Gasteiger partial charge in [-0.1, -0.05) is 0 Å². The zero-order valence-corrected chi connectivity index (χ0v) is 5.21. The van der Waals surface area contributed by atoms with E-state index in [1.54, 1.807) is 0 Å². The lowest BCUT2D eigenvalue weighted by Gasteiger charge is -2.10. The molecule has 0 aromatic heterocycles. The summed E-state index contributed by atoms with van der Waals surface area (Å²) in [6.45, 7) is 0.905. The highest BCUT2D eigenvalue weighted by Crippen LogP contribution is 2.33. The minimum atomic E-state index is -2.44. The van der Waals surface area contributed by atoms with E-state index in [4.69, 9.17) is 11.6 Å². The molecule has 0 spiro atoms. The standard InChI is InChI=1S/C4H3ClF2O2/c1-4(7)8-2(5)3(6)9-4/h1H3. The zero-order chi connectivity index (χ0) is 7.07. The van der Waals surface area contributed by atoms with Crippen molar-refractivity contribution >= 4 is 11.6 Å². The topological polar surface area (TPSA) is 18.5 Å². The van der Waals surface area contributed by atoms with Gasteiger partial charge in [0.25, 0.3) is 5.22 Å². The Morgan fingerprint density at radius 3 is 2.22 bits per heavy atom. The van der Waals surface area contributed by atoms with Crippen molar-refractivity contribution in [1.82, 2.24) is 0 Å². The molecule has 0 fully saturated rings. The average molecular weight is 157 g/mol. The van der Waals surface area contributed by atoms with Gasteiger partial charge in [0.15, 0.2) is 0 Å². The molecule has 9 heavy (non-hydrogen) atoms. The van der Waals surface area contributed by atoms with Crippen LogP contribution in [0.4, 0.5) is 8.78 Å². The van der Waals surface area contributed by atoms with Crippen molar-refractivity contribution in [3.8, 4) is 0 Å². The number of rotatable bonds is 0. The van der Waals surface area contributed by atoms with Crippen molar-refractivity contribution in [3.63, 3.8) is 0 Å². The third-order valence-electron chi connectivity index (χ3n) is 0.698. The summed E-state index contributed by atoms with van der Waals surface area (Å²) in [4.78, 5) is 0. The predicted molar refractivity (Wildman–Crippen MR) is 25.7 cm³/mol. The van der Waals surface area contributed by atoms with E-state index in [-0.39, 0.29) is 0 Å². The van der Waals surface area contributed by atoms with E-state index in [1.165, 1.54) is 0 Å². The van der Waals surface area contributed by atoms with Crippen LogP contribution in [0.2, 0.25) is 0 Å². The van der Waals surface area contributed by atoms with Gasteiger partial charge in [0, 0.05) is 6.92 Å². The van der Waals surface area contributed by atoms with Crippen LogP contribution in [-0.2, 0) is 9.47 Å².